The zero-order valence-electron chi connectivity index (χ0n) is 29.1. The van der Waals surface area contributed by atoms with Gasteiger partial charge in [0.2, 0.25) is 0 Å². The zero-order chi connectivity index (χ0) is 34.8. The minimum Gasteiger partial charge on any atom is -0.452 e. The lowest BCUT2D eigenvalue weighted by Gasteiger charge is -2.45. The molecule has 8 aromatic carbocycles. The molecule has 0 aromatic heterocycles. The molecular formula is C49H36N2O. The first kappa shape index (κ1) is 30.3. The van der Waals surface area contributed by atoms with Gasteiger partial charge in [-0.15, -0.1) is 0 Å². The van der Waals surface area contributed by atoms with E-state index < -0.39 is 0 Å². The summed E-state index contributed by atoms with van der Waals surface area (Å²) in [5, 5.41) is 2.38. The molecule has 248 valence electrons. The average Bonchev–Trinajstić information content (AvgIpc) is 3.20. The fraction of sp³-hybridized carbons (Fsp3) is 0.0612. The van der Waals surface area contributed by atoms with Gasteiger partial charge in [-0.05, 0) is 81.7 Å². The van der Waals surface area contributed by atoms with Crippen molar-refractivity contribution in [3.63, 3.8) is 0 Å². The lowest BCUT2D eigenvalue weighted by atomic mass is 9.72. The Balaban J connectivity index is 1.05. The summed E-state index contributed by atoms with van der Waals surface area (Å²) in [6.07, 6.45) is 0. The van der Waals surface area contributed by atoms with Gasteiger partial charge < -0.3 is 14.5 Å². The lowest BCUT2D eigenvalue weighted by Crippen LogP contribution is -2.32. The predicted octanol–water partition coefficient (Wildman–Crippen LogP) is 13.9. The Bertz CT molecular complexity index is 2570. The highest BCUT2D eigenvalue weighted by molar-refractivity contribution is 6.07. The highest BCUT2D eigenvalue weighted by atomic mass is 16.5. The van der Waals surface area contributed by atoms with Crippen LogP contribution in [0.15, 0.2) is 182 Å². The maximum Gasteiger partial charge on any atom is 0.159 e. The summed E-state index contributed by atoms with van der Waals surface area (Å²) in [6.45, 7) is 4.66. The lowest BCUT2D eigenvalue weighted by molar-refractivity contribution is 0.474. The molecule has 10 rings (SSSR count). The van der Waals surface area contributed by atoms with Crippen LogP contribution in [-0.2, 0) is 5.41 Å². The average molecular weight is 669 g/mol. The van der Waals surface area contributed by atoms with Gasteiger partial charge in [0.25, 0.3) is 0 Å². The highest BCUT2D eigenvalue weighted by Crippen LogP contribution is 2.62. The van der Waals surface area contributed by atoms with E-state index in [-0.39, 0.29) is 5.41 Å². The third-order valence-electron chi connectivity index (χ3n) is 10.8. The molecule has 0 radical (unpaired) electrons. The molecule has 2 heterocycles. The van der Waals surface area contributed by atoms with Gasteiger partial charge in [-0.1, -0.05) is 147 Å². The first-order valence-corrected chi connectivity index (χ1v) is 17.9. The van der Waals surface area contributed by atoms with Crippen LogP contribution in [-0.4, -0.2) is 0 Å². The topological polar surface area (TPSA) is 15.7 Å². The van der Waals surface area contributed by atoms with Crippen LogP contribution < -0.4 is 14.5 Å². The molecule has 0 aliphatic carbocycles. The first-order valence-electron chi connectivity index (χ1n) is 17.9. The third-order valence-corrected chi connectivity index (χ3v) is 10.8. The van der Waals surface area contributed by atoms with Gasteiger partial charge in [0, 0.05) is 33.4 Å². The van der Waals surface area contributed by atoms with Crippen LogP contribution in [0.1, 0.15) is 25.0 Å². The van der Waals surface area contributed by atoms with Crippen molar-refractivity contribution in [3.05, 3.63) is 193 Å². The first-order chi connectivity index (χ1) is 25.6. The SMILES string of the molecule is CC1(C)c2ccccc2N2c3c1ccc(-c1ccc(-c4ccc(N(c5ccccc5)c5ccccc5)cc4)cc1)c3Oc1ccc3ccccc3c12. The third kappa shape index (κ3) is 4.66. The molecule has 0 bridgehead atoms. The minimum absolute atomic E-state index is 0.201. The summed E-state index contributed by atoms with van der Waals surface area (Å²) in [5.41, 5.74) is 13.7. The summed E-state index contributed by atoms with van der Waals surface area (Å²) in [5.74, 6) is 1.78. The molecule has 0 amide bonds. The van der Waals surface area contributed by atoms with E-state index in [9.17, 15) is 0 Å². The van der Waals surface area contributed by atoms with Crippen molar-refractivity contribution in [1.29, 1.82) is 0 Å². The quantitative estimate of drug-likeness (QED) is 0.182. The van der Waals surface area contributed by atoms with E-state index in [1.54, 1.807) is 0 Å². The van der Waals surface area contributed by atoms with Crippen molar-refractivity contribution < 1.29 is 4.74 Å². The number of benzene rings is 8. The molecule has 0 saturated carbocycles. The van der Waals surface area contributed by atoms with E-state index in [0.717, 1.165) is 51.1 Å². The van der Waals surface area contributed by atoms with E-state index >= 15 is 0 Å². The standard InChI is InChI=1S/C49H36N2O/c1-49(2)42-19-11-12-20-44(42)51-46-40-18-10-9-13-35(40)27-32-45(46)52-48-41(30-31-43(49)47(48)51)36-23-21-33(22-24-36)34-25-28-39(29-26-34)50(37-14-5-3-6-15-37)38-16-7-4-8-17-38/h3-32H,1-2H3. The Kier molecular flexibility index (Phi) is 6.84. The molecule has 3 nitrogen and oxygen atoms in total. The molecule has 2 aliphatic rings. The van der Waals surface area contributed by atoms with Crippen LogP contribution in [0.25, 0.3) is 33.0 Å². The van der Waals surface area contributed by atoms with Crippen LogP contribution in [0.2, 0.25) is 0 Å². The second-order valence-electron chi connectivity index (χ2n) is 14.2. The number of rotatable bonds is 5. The largest absolute Gasteiger partial charge is 0.452 e. The maximum absolute atomic E-state index is 7.00. The van der Waals surface area contributed by atoms with Crippen molar-refractivity contribution in [1.82, 2.24) is 0 Å². The van der Waals surface area contributed by atoms with Crippen molar-refractivity contribution >= 4 is 44.9 Å². The van der Waals surface area contributed by atoms with Gasteiger partial charge in [0.05, 0.1) is 17.1 Å². The summed E-state index contributed by atoms with van der Waals surface area (Å²) < 4.78 is 7.00. The summed E-state index contributed by atoms with van der Waals surface area (Å²) >= 11 is 0. The second kappa shape index (κ2) is 11.8. The Morgan fingerprint density at radius 3 is 1.75 bits per heavy atom. The van der Waals surface area contributed by atoms with Crippen LogP contribution in [0.3, 0.4) is 0 Å². The molecule has 0 spiro atoms. The highest BCUT2D eigenvalue weighted by Gasteiger charge is 2.42. The molecule has 0 unspecified atom stereocenters. The van der Waals surface area contributed by atoms with E-state index in [0.29, 0.717) is 0 Å². The zero-order valence-corrected chi connectivity index (χ0v) is 29.1. The second-order valence-corrected chi connectivity index (χ2v) is 14.2. The molecule has 0 fully saturated rings. The molecule has 3 heteroatoms. The molecule has 2 aliphatic heterocycles. The van der Waals surface area contributed by atoms with Crippen LogP contribution in [0, 0.1) is 0 Å². The molecular weight excluding hydrogens is 633 g/mol. The van der Waals surface area contributed by atoms with Crippen molar-refractivity contribution in [2.45, 2.75) is 19.3 Å². The summed E-state index contributed by atoms with van der Waals surface area (Å²) in [4.78, 5) is 4.75. The van der Waals surface area contributed by atoms with Crippen LogP contribution >= 0.6 is 0 Å². The van der Waals surface area contributed by atoms with Gasteiger partial charge in [-0.2, -0.15) is 0 Å². The predicted molar refractivity (Wildman–Crippen MR) is 216 cm³/mol. The van der Waals surface area contributed by atoms with E-state index in [2.05, 4.69) is 206 Å². The van der Waals surface area contributed by atoms with Crippen molar-refractivity contribution in [2.75, 3.05) is 9.80 Å². The van der Waals surface area contributed by atoms with Gasteiger partial charge in [0.15, 0.2) is 11.5 Å². The van der Waals surface area contributed by atoms with E-state index in [1.807, 2.05) is 0 Å². The van der Waals surface area contributed by atoms with Gasteiger partial charge in [-0.25, -0.2) is 0 Å². The Morgan fingerprint density at radius 1 is 0.462 bits per heavy atom. The summed E-state index contributed by atoms with van der Waals surface area (Å²) in [6, 6.07) is 65.1. The molecule has 0 N–H and O–H groups in total. The van der Waals surface area contributed by atoms with Crippen LogP contribution in [0.4, 0.5) is 34.1 Å². The fourth-order valence-corrected chi connectivity index (χ4v) is 8.23. The molecule has 0 atom stereocenters. The van der Waals surface area contributed by atoms with Gasteiger partial charge >= 0.3 is 0 Å². The Labute approximate surface area is 304 Å². The monoisotopic (exact) mass is 668 g/mol. The van der Waals surface area contributed by atoms with Gasteiger partial charge in [0.1, 0.15) is 0 Å². The number of nitrogens with zero attached hydrogens (tertiary/aromatic N) is 2. The number of ether oxygens (including phenoxy) is 1. The minimum atomic E-state index is -0.201. The Hall–Kier alpha value is -6.58. The number of hydrogen-bond donors (Lipinski definition) is 0. The van der Waals surface area contributed by atoms with Crippen molar-refractivity contribution in [3.8, 4) is 33.8 Å². The molecule has 52 heavy (non-hydrogen) atoms. The normalized spacial score (nSPS) is 13.5. The van der Waals surface area contributed by atoms with E-state index in [1.165, 1.54) is 38.7 Å². The maximum atomic E-state index is 7.00. The number of anilines is 6. The number of hydrogen-bond acceptors (Lipinski definition) is 3. The molecule has 8 aromatic rings. The van der Waals surface area contributed by atoms with Gasteiger partial charge in [-0.3, -0.25) is 0 Å². The number of fused-ring (bicyclic) bond motifs is 6. The smallest absolute Gasteiger partial charge is 0.159 e. The molecule has 0 saturated heterocycles. The number of para-hydroxylation sites is 3. The fourth-order valence-electron chi connectivity index (χ4n) is 8.23. The summed E-state index contributed by atoms with van der Waals surface area (Å²) in [7, 11) is 0. The Morgan fingerprint density at radius 2 is 1.04 bits per heavy atom. The van der Waals surface area contributed by atoms with E-state index in [4.69, 9.17) is 4.74 Å². The van der Waals surface area contributed by atoms with Crippen LogP contribution in [0.5, 0.6) is 11.5 Å². The van der Waals surface area contributed by atoms with Crippen molar-refractivity contribution in [2.24, 2.45) is 0 Å².